The molecule has 4 nitrogen and oxygen atoms in total. The number of fused-ring (bicyclic) bond motifs is 1. The molecule has 6 heteroatoms. The highest BCUT2D eigenvalue weighted by molar-refractivity contribution is 7.79. The van der Waals surface area contributed by atoms with Crippen LogP contribution < -0.4 is 0 Å². The third-order valence-electron chi connectivity index (χ3n) is 1.68. The molecule has 0 N–H and O–H groups in total. The molecule has 14 heavy (non-hydrogen) atoms. The van der Waals surface area contributed by atoms with Gasteiger partial charge in [-0.15, -0.1) is 0 Å². The molecule has 0 amide bonds. The molecule has 0 radical (unpaired) electrons. The van der Waals surface area contributed by atoms with E-state index in [-0.39, 0.29) is 10.0 Å². The van der Waals surface area contributed by atoms with Gasteiger partial charge in [0, 0.05) is 4.90 Å². The van der Waals surface area contributed by atoms with Gasteiger partial charge < -0.3 is 4.55 Å². The minimum absolute atomic E-state index is 0.175. The number of benzene rings is 1. The summed E-state index contributed by atoms with van der Waals surface area (Å²) in [5.41, 5.74) is 1.09. The zero-order valence-corrected chi connectivity index (χ0v) is 8.38. The fraction of sp³-hybridized carbons (Fsp3) is 0. The van der Waals surface area contributed by atoms with Crippen LogP contribution in [0.3, 0.4) is 0 Å². The Morgan fingerprint density at radius 3 is 2.86 bits per heavy atom. The van der Waals surface area contributed by atoms with Crippen molar-refractivity contribution in [2.45, 2.75) is 4.90 Å². The first-order valence-electron chi connectivity index (χ1n) is 3.68. The maximum absolute atomic E-state index is 10.6. The predicted octanol–water partition coefficient (Wildman–Crippen LogP) is 1.52. The summed E-state index contributed by atoms with van der Waals surface area (Å²) in [6.07, 6.45) is 1.41. The Hall–Kier alpha value is -1.04. The molecular weight excluding hydrogens is 224 g/mol. The van der Waals surface area contributed by atoms with Gasteiger partial charge in [-0.2, -0.15) is 0 Å². The number of nitrogens with zero attached hydrogens (tertiary/aromatic N) is 2. The van der Waals surface area contributed by atoms with Gasteiger partial charge in [-0.3, -0.25) is 9.19 Å². The van der Waals surface area contributed by atoms with E-state index in [9.17, 15) is 8.76 Å². The quantitative estimate of drug-likeness (QED) is 0.693. The fourth-order valence-corrected chi connectivity index (χ4v) is 1.60. The van der Waals surface area contributed by atoms with Gasteiger partial charge in [0.2, 0.25) is 0 Å². The van der Waals surface area contributed by atoms with Crippen LogP contribution in [0.15, 0.2) is 29.3 Å². The highest BCUT2D eigenvalue weighted by Crippen LogP contribution is 2.15. The Morgan fingerprint density at radius 1 is 1.36 bits per heavy atom. The van der Waals surface area contributed by atoms with Crippen LogP contribution in [0.5, 0.6) is 0 Å². The normalized spacial score (nSPS) is 13.0. The molecule has 1 aromatic carbocycles. The minimum atomic E-state index is -2.25. The van der Waals surface area contributed by atoms with Crippen LogP contribution in [-0.2, 0) is 11.1 Å². The molecule has 1 atom stereocenters. The average molecular weight is 228 g/mol. The number of halogens is 1. The van der Waals surface area contributed by atoms with Gasteiger partial charge in [0.1, 0.15) is 5.15 Å². The molecule has 0 fully saturated rings. The highest BCUT2D eigenvalue weighted by atomic mass is 35.5. The van der Waals surface area contributed by atoms with E-state index in [1.165, 1.54) is 18.3 Å². The van der Waals surface area contributed by atoms with Crippen molar-refractivity contribution in [2.75, 3.05) is 0 Å². The summed E-state index contributed by atoms with van der Waals surface area (Å²) in [4.78, 5) is 8.11. The van der Waals surface area contributed by atoms with Crippen LogP contribution >= 0.6 is 11.6 Å². The molecule has 72 valence electrons. The third-order valence-corrected chi connectivity index (χ3v) is 2.50. The standard InChI is InChI=1S/C8H5ClN2O2S/c9-8-4-10-6-2-1-5(14(12)13)3-7(6)11-8/h1-4H,(H,12,13)/p-1. The van der Waals surface area contributed by atoms with E-state index >= 15 is 0 Å². The summed E-state index contributed by atoms with van der Waals surface area (Å²) < 4.78 is 21.3. The summed E-state index contributed by atoms with van der Waals surface area (Å²) in [6.45, 7) is 0. The van der Waals surface area contributed by atoms with Crippen molar-refractivity contribution in [3.05, 3.63) is 29.5 Å². The van der Waals surface area contributed by atoms with Gasteiger partial charge in [0.05, 0.1) is 17.2 Å². The minimum Gasteiger partial charge on any atom is -0.768 e. The van der Waals surface area contributed by atoms with Crippen molar-refractivity contribution in [1.82, 2.24) is 9.97 Å². The SMILES string of the molecule is O=S([O-])c1ccc2ncc(Cl)nc2c1. The molecular formula is C8H4ClN2O2S-. The molecule has 2 aromatic rings. The summed E-state index contributed by atoms with van der Waals surface area (Å²) in [6, 6.07) is 4.48. The van der Waals surface area contributed by atoms with Gasteiger partial charge in [-0.05, 0) is 29.3 Å². The lowest BCUT2D eigenvalue weighted by Crippen LogP contribution is -1.90. The zero-order chi connectivity index (χ0) is 10.1. The van der Waals surface area contributed by atoms with Crippen LogP contribution in [0.4, 0.5) is 0 Å². The van der Waals surface area contributed by atoms with Gasteiger partial charge in [0.25, 0.3) is 0 Å². The Kier molecular flexibility index (Phi) is 2.45. The van der Waals surface area contributed by atoms with Crippen molar-refractivity contribution in [1.29, 1.82) is 0 Å². The molecule has 0 aliphatic carbocycles. The van der Waals surface area contributed by atoms with E-state index in [2.05, 4.69) is 9.97 Å². The molecule has 0 aliphatic heterocycles. The maximum atomic E-state index is 10.6. The fourth-order valence-electron chi connectivity index (χ4n) is 1.07. The first kappa shape index (κ1) is 9.51. The van der Waals surface area contributed by atoms with E-state index in [0.717, 1.165) is 0 Å². The van der Waals surface area contributed by atoms with E-state index in [0.29, 0.717) is 11.0 Å². The molecule has 0 bridgehead atoms. The summed E-state index contributed by atoms with van der Waals surface area (Å²) in [5.74, 6) is 0. The third kappa shape index (κ3) is 1.75. The van der Waals surface area contributed by atoms with E-state index in [4.69, 9.17) is 11.6 Å². The number of hydrogen-bond donors (Lipinski definition) is 0. The van der Waals surface area contributed by atoms with E-state index in [1.54, 1.807) is 6.07 Å². The Labute approximate surface area is 87.2 Å². The first-order valence-corrected chi connectivity index (χ1v) is 5.14. The monoisotopic (exact) mass is 227 g/mol. The smallest absolute Gasteiger partial charge is 0.148 e. The van der Waals surface area contributed by atoms with Crippen molar-refractivity contribution in [2.24, 2.45) is 0 Å². The van der Waals surface area contributed by atoms with Crippen molar-refractivity contribution in [3.8, 4) is 0 Å². The summed E-state index contributed by atoms with van der Waals surface area (Å²) >= 11 is 3.37. The average Bonchev–Trinajstić information content (AvgIpc) is 2.16. The van der Waals surface area contributed by atoms with Crippen molar-refractivity contribution < 1.29 is 8.76 Å². The van der Waals surface area contributed by atoms with Crippen molar-refractivity contribution >= 4 is 33.7 Å². The van der Waals surface area contributed by atoms with Crippen LogP contribution in [0.1, 0.15) is 0 Å². The maximum Gasteiger partial charge on any atom is 0.148 e. The lowest BCUT2D eigenvalue weighted by atomic mass is 10.3. The summed E-state index contributed by atoms with van der Waals surface area (Å²) in [5, 5.41) is 0.242. The van der Waals surface area contributed by atoms with Crippen LogP contribution in [-0.4, -0.2) is 18.7 Å². The van der Waals surface area contributed by atoms with Gasteiger partial charge in [0.15, 0.2) is 0 Å². The van der Waals surface area contributed by atoms with Gasteiger partial charge >= 0.3 is 0 Å². The lowest BCUT2D eigenvalue weighted by molar-refractivity contribution is 0.537. The topological polar surface area (TPSA) is 65.9 Å². The van der Waals surface area contributed by atoms with Crippen LogP contribution in [0.25, 0.3) is 11.0 Å². The molecule has 0 spiro atoms. The van der Waals surface area contributed by atoms with Gasteiger partial charge in [-0.1, -0.05) is 11.6 Å². The number of rotatable bonds is 1. The second kappa shape index (κ2) is 3.61. The molecule has 1 heterocycles. The van der Waals surface area contributed by atoms with Crippen LogP contribution in [0, 0.1) is 0 Å². The number of hydrogen-bond acceptors (Lipinski definition) is 4. The molecule has 1 unspecified atom stereocenters. The predicted molar refractivity (Wildman–Crippen MR) is 51.7 cm³/mol. The molecule has 0 aliphatic rings. The molecule has 0 saturated carbocycles. The second-order valence-electron chi connectivity index (χ2n) is 2.58. The highest BCUT2D eigenvalue weighted by Gasteiger charge is 1.99. The van der Waals surface area contributed by atoms with Gasteiger partial charge in [-0.25, -0.2) is 4.98 Å². The second-order valence-corrected chi connectivity index (χ2v) is 3.91. The van der Waals surface area contributed by atoms with E-state index < -0.39 is 11.1 Å². The molecule has 1 aromatic heterocycles. The largest absolute Gasteiger partial charge is 0.768 e. The number of aromatic nitrogens is 2. The van der Waals surface area contributed by atoms with Crippen molar-refractivity contribution in [3.63, 3.8) is 0 Å². The van der Waals surface area contributed by atoms with Crippen LogP contribution in [0.2, 0.25) is 5.15 Å². The Morgan fingerprint density at radius 2 is 2.14 bits per heavy atom. The van der Waals surface area contributed by atoms with E-state index in [1.807, 2.05) is 0 Å². The lowest BCUT2D eigenvalue weighted by Gasteiger charge is -2.05. The first-order chi connectivity index (χ1) is 6.66. The Balaban J connectivity index is 2.69. The molecule has 0 saturated heterocycles. The Bertz CT molecular complexity index is 518. The zero-order valence-electron chi connectivity index (χ0n) is 6.81. The summed E-state index contributed by atoms with van der Waals surface area (Å²) in [7, 11) is 0. The molecule has 2 rings (SSSR count).